The number of aliphatic carboxylic acids is 2. The summed E-state index contributed by atoms with van der Waals surface area (Å²) in [6.45, 7) is 8.14. The highest BCUT2D eigenvalue weighted by Crippen LogP contribution is 2.31. The van der Waals surface area contributed by atoms with Crippen LogP contribution in [0.3, 0.4) is 0 Å². The van der Waals surface area contributed by atoms with Crippen molar-refractivity contribution in [2.45, 2.75) is 46.5 Å². The smallest absolute Gasteiger partial charge is 0.322 e. The molecule has 22 heavy (non-hydrogen) atoms. The number of rotatable bonds is 7. The van der Waals surface area contributed by atoms with Crippen molar-refractivity contribution in [2.24, 2.45) is 11.8 Å². The van der Waals surface area contributed by atoms with E-state index in [2.05, 4.69) is 13.8 Å². The molecule has 0 aromatic heterocycles. The first kappa shape index (κ1) is 18.0. The maximum absolute atomic E-state index is 11.4. The van der Waals surface area contributed by atoms with E-state index in [0.29, 0.717) is 30.0 Å². The Morgan fingerprint density at radius 3 is 1.82 bits per heavy atom. The Morgan fingerprint density at radius 2 is 1.41 bits per heavy atom. The zero-order chi connectivity index (χ0) is 17.0. The number of hydrogen-bond donors (Lipinski definition) is 3. The average molecular weight is 307 g/mol. The minimum absolute atomic E-state index is 0.273. The van der Waals surface area contributed by atoms with Crippen molar-refractivity contribution in [2.75, 3.05) is 5.73 Å². The Labute approximate surface area is 131 Å². The second-order valence-corrected chi connectivity index (χ2v) is 6.51. The van der Waals surface area contributed by atoms with Crippen LogP contribution in [0.4, 0.5) is 5.69 Å². The third kappa shape index (κ3) is 4.23. The van der Waals surface area contributed by atoms with Crippen molar-refractivity contribution in [3.63, 3.8) is 0 Å². The summed E-state index contributed by atoms with van der Waals surface area (Å²) in [5, 5.41) is 18.6. The van der Waals surface area contributed by atoms with E-state index in [9.17, 15) is 19.8 Å². The molecule has 0 heterocycles. The van der Waals surface area contributed by atoms with Crippen molar-refractivity contribution in [1.29, 1.82) is 0 Å². The fourth-order valence-corrected chi connectivity index (χ4v) is 2.67. The topological polar surface area (TPSA) is 101 Å². The maximum atomic E-state index is 11.4. The number of carboxylic acids is 2. The van der Waals surface area contributed by atoms with Crippen LogP contribution in [0, 0.1) is 11.8 Å². The summed E-state index contributed by atoms with van der Waals surface area (Å²) in [5.41, 5.74) is 8.68. The standard InChI is InChI=1S/C17H25NO4/c1-9(2)7-12-11(15(16(19)20)17(21)22)5-6-14(18)13(12)8-10(3)4/h5-6,9-10,15H,7-8,18H2,1-4H3,(H,19,20)(H,21,22). The Hall–Kier alpha value is -2.04. The highest BCUT2D eigenvalue weighted by atomic mass is 16.4. The molecule has 0 aliphatic rings. The van der Waals surface area contributed by atoms with Crippen LogP contribution in [0.1, 0.15) is 50.3 Å². The van der Waals surface area contributed by atoms with Crippen LogP contribution in [-0.4, -0.2) is 22.2 Å². The van der Waals surface area contributed by atoms with Crippen LogP contribution in [0.25, 0.3) is 0 Å². The summed E-state index contributed by atoms with van der Waals surface area (Å²) in [6.07, 6.45) is 1.31. The molecule has 0 spiro atoms. The van der Waals surface area contributed by atoms with Gasteiger partial charge in [0, 0.05) is 5.69 Å². The zero-order valence-electron chi connectivity index (χ0n) is 13.6. The molecule has 0 aliphatic carbocycles. The number of benzene rings is 1. The molecule has 1 rings (SSSR count). The molecule has 0 radical (unpaired) electrons. The van der Waals surface area contributed by atoms with E-state index in [1.165, 1.54) is 0 Å². The SMILES string of the molecule is CC(C)Cc1c(N)ccc(C(C(=O)O)C(=O)O)c1CC(C)C. The van der Waals surface area contributed by atoms with Crippen LogP contribution in [0.2, 0.25) is 0 Å². The van der Waals surface area contributed by atoms with Crippen molar-refractivity contribution < 1.29 is 19.8 Å². The maximum Gasteiger partial charge on any atom is 0.322 e. The first-order chi connectivity index (χ1) is 10.1. The quantitative estimate of drug-likeness (QED) is 0.531. The van der Waals surface area contributed by atoms with Gasteiger partial charge in [0.25, 0.3) is 0 Å². The summed E-state index contributed by atoms with van der Waals surface area (Å²) in [4.78, 5) is 22.8. The van der Waals surface area contributed by atoms with E-state index in [4.69, 9.17) is 5.73 Å². The minimum Gasteiger partial charge on any atom is -0.480 e. The Kier molecular flexibility index (Phi) is 5.97. The predicted molar refractivity (Wildman–Crippen MR) is 86.0 cm³/mol. The fraction of sp³-hybridized carbons (Fsp3) is 0.529. The Morgan fingerprint density at radius 1 is 0.955 bits per heavy atom. The molecule has 122 valence electrons. The van der Waals surface area contributed by atoms with Gasteiger partial charge in [-0.2, -0.15) is 0 Å². The lowest BCUT2D eigenvalue weighted by molar-refractivity contribution is -0.150. The summed E-state index contributed by atoms with van der Waals surface area (Å²) in [7, 11) is 0. The minimum atomic E-state index is -1.56. The molecule has 1 aromatic carbocycles. The lowest BCUT2D eigenvalue weighted by Gasteiger charge is -2.22. The van der Waals surface area contributed by atoms with Gasteiger partial charge in [0.05, 0.1) is 0 Å². The molecule has 0 aliphatic heterocycles. The van der Waals surface area contributed by atoms with E-state index in [1.807, 2.05) is 13.8 Å². The Balaban J connectivity index is 3.55. The molecular formula is C17H25NO4. The van der Waals surface area contributed by atoms with Gasteiger partial charge < -0.3 is 15.9 Å². The van der Waals surface area contributed by atoms with Crippen molar-refractivity contribution in [3.05, 3.63) is 28.8 Å². The Bertz CT molecular complexity index is 550. The van der Waals surface area contributed by atoms with E-state index < -0.39 is 17.9 Å². The number of carbonyl (C=O) groups is 2. The lowest BCUT2D eigenvalue weighted by atomic mass is 9.83. The zero-order valence-corrected chi connectivity index (χ0v) is 13.6. The highest BCUT2D eigenvalue weighted by molar-refractivity contribution is 5.99. The molecule has 0 saturated heterocycles. The number of hydrogen-bond acceptors (Lipinski definition) is 3. The van der Waals surface area contributed by atoms with Gasteiger partial charge in [-0.1, -0.05) is 33.8 Å². The summed E-state index contributed by atoms with van der Waals surface area (Å²) >= 11 is 0. The van der Waals surface area contributed by atoms with Crippen LogP contribution >= 0.6 is 0 Å². The molecule has 0 bridgehead atoms. The lowest BCUT2D eigenvalue weighted by Crippen LogP contribution is -2.24. The number of carboxylic acid groups (broad SMARTS) is 2. The van der Waals surface area contributed by atoms with Gasteiger partial charge in [0.1, 0.15) is 0 Å². The molecule has 0 amide bonds. The van der Waals surface area contributed by atoms with E-state index in [1.54, 1.807) is 12.1 Å². The summed E-state index contributed by atoms with van der Waals surface area (Å²) in [6, 6.07) is 3.17. The van der Waals surface area contributed by atoms with Gasteiger partial charge in [0.15, 0.2) is 5.92 Å². The molecule has 4 N–H and O–H groups in total. The van der Waals surface area contributed by atoms with Crippen molar-refractivity contribution in [1.82, 2.24) is 0 Å². The normalized spacial score (nSPS) is 11.4. The van der Waals surface area contributed by atoms with Gasteiger partial charge in [-0.15, -0.1) is 0 Å². The molecule has 0 saturated carbocycles. The molecule has 0 atom stereocenters. The first-order valence-corrected chi connectivity index (χ1v) is 7.50. The number of nitrogens with two attached hydrogens (primary N) is 1. The summed E-state index contributed by atoms with van der Waals surface area (Å²) < 4.78 is 0. The second kappa shape index (κ2) is 7.29. The largest absolute Gasteiger partial charge is 0.480 e. The average Bonchev–Trinajstić information content (AvgIpc) is 2.35. The third-order valence-electron chi connectivity index (χ3n) is 3.53. The van der Waals surface area contributed by atoms with Crippen LogP contribution < -0.4 is 5.73 Å². The van der Waals surface area contributed by atoms with Gasteiger partial charge in [0.2, 0.25) is 0 Å². The molecule has 0 fully saturated rings. The van der Waals surface area contributed by atoms with Gasteiger partial charge in [-0.25, -0.2) is 0 Å². The van der Waals surface area contributed by atoms with Crippen LogP contribution in [0.15, 0.2) is 12.1 Å². The van der Waals surface area contributed by atoms with Crippen molar-refractivity contribution in [3.8, 4) is 0 Å². The number of nitrogen functional groups attached to an aromatic ring is 1. The monoisotopic (exact) mass is 307 g/mol. The molecule has 5 nitrogen and oxygen atoms in total. The third-order valence-corrected chi connectivity index (χ3v) is 3.53. The molecule has 0 unspecified atom stereocenters. The summed E-state index contributed by atoms with van der Waals surface area (Å²) in [5.74, 6) is -3.64. The first-order valence-electron chi connectivity index (χ1n) is 7.50. The van der Waals surface area contributed by atoms with Crippen LogP contribution in [0.5, 0.6) is 0 Å². The van der Waals surface area contributed by atoms with Gasteiger partial charge >= 0.3 is 11.9 Å². The number of anilines is 1. The van der Waals surface area contributed by atoms with Crippen LogP contribution in [-0.2, 0) is 22.4 Å². The second-order valence-electron chi connectivity index (χ2n) is 6.51. The molecule has 5 heteroatoms. The van der Waals surface area contributed by atoms with E-state index in [-0.39, 0.29) is 5.92 Å². The van der Waals surface area contributed by atoms with Crippen molar-refractivity contribution >= 4 is 17.6 Å². The van der Waals surface area contributed by atoms with Gasteiger partial charge in [-0.05, 0) is 47.4 Å². The highest BCUT2D eigenvalue weighted by Gasteiger charge is 2.31. The van der Waals surface area contributed by atoms with E-state index in [0.717, 1.165) is 11.1 Å². The van der Waals surface area contributed by atoms with E-state index >= 15 is 0 Å². The predicted octanol–water partition coefficient (Wildman–Crippen LogP) is 2.92. The molecule has 1 aromatic rings. The molecular weight excluding hydrogens is 282 g/mol. The fourth-order valence-electron chi connectivity index (χ4n) is 2.67. The van der Waals surface area contributed by atoms with Gasteiger partial charge in [-0.3, -0.25) is 9.59 Å².